The lowest BCUT2D eigenvalue weighted by molar-refractivity contribution is -0.0106. The Hall–Kier alpha value is -1.87. The molecule has 3 heterocycles. The molecule has 0 bridgehead atoms. The first-order valence-corrected chi connectivity index (χ1v) is 10.0. The third-order valence-corrected chi connectivity index (χ3v) is 6.28. The minimum Gasteiger partial charge on any atom is -0.593 e. The van der Waals surface area contributed by atoms with Crippen molar-refractivity contribution in [2.24, 2.45) is 0 Å². The minimum atomic E-state index is -3.63. The number of hydrogen-bond acceptors (Lipinski definition) is 5. The van der Waals surface area contributed by atoms with Crippen LogP contribution >= 0.6 is 0 Å². The van der Waals surface area contributed by atoms with Gasteiger partial charge in [-0.1, -0.05) is 16.3 Å². The number of rotatable bonds is 2. The van der Waals surface area contributed by atoms with E-state index in [1.165, 1.54) is 24.4 Å². The van der Waals surface area contributed by atoms with Gasteiger partial charge in [0.25, 0.3) is 5.88 Å². The second kappa shape index (κ2) is 6.70. The van der Waals surface area contributed by atoms with Crippen LogP contribution in [-0.2, 0) is 21.2 Å². The lowest BCUT2D eigenvalue weighted by atomic mass is 9.92. The first-order chi connectivity index (χ1) is 12.5. The van der Waals surface area contributed by atoms with Crippen LogP contribution in [0.3, 0.4) is 0 Å². The molecule has 1 aromatic carbocycles. The number of piperidine rings is 1. The number of nitrogens with one attached hydrogen (secondary N) is 1. The van der Waals surface area contributed by atoms with E-state index in [9.17, 15) is 13.2 Å². The number of ether oxygens (including phenoxy) is 1. The highest BCUT2D eigenvalue weighted by Gasteiger charge is 2.44. The summed E-state index contributed by atoms with van der Waals surface area (Å²) in [5, 5.41) is 0. The normalized spacial score (nSPS) is 29.0. The maximum absolute atomic E-state index is 13.1. The molecule has 1 N–H and O–H groups in total. The average molecular weight is 377 g/mol. The summed E-state index contributed by atoms with van der Waals surface area (Å²) in [6.07, 6.45) is 3.16. The van der Waals surface area contributed by atoms with Crippen LogP contribution in [-0.4, -0.2) is 39.7 Å². The summed E-state index contributed by atoms with van der Waals surface area (Å²) >= 11 is 0. The number of sulfonamides is 1. The Morgan fingerprint density at radius 1 is 1.35 bits per heavy atom. The number of fused-ring (bicyclic) bond motifs is 1. The Balaban J connectivity index is 1.56. The van der Waals surface area contributed by atoms with E-state index in [4.69, 9.17) is 4.74 Å². The molecule has 4 rings (SSSR count). The topological polar surface area (TPSA) is 77.5 Å². The van der Waals surface area contributed by atoms with Crippen LogP contribution in [0.2, 0.25) is 0 Å². The third kappa shape index (κ3) is 3.50. The Morgan fingerprint density at radius 2 is 2.15 bits per heavy atom. The molecule has 8 heteroatoms. The molecule has 1 fully saturated rings. The number of benzene rings is 1. The van der Waals surface area contributed by atoms with Gasteiger partial charge in [-0.25, -0.2) is 9.37 Å². The van der Waals surface area contributed by atoms with Crippen molar-refractivity contribution in [1.82, 2.24) is 14.6 Å². The largest absolute Gasteiger partial charge is 0.593 e. The van der Waals surface area contributed by atoms with Gasteiger partial charge in [0.1, 0.15) is 11.4 Å². The second-order valence-electron chi connectivity index (χ2n) is 6.86. The zero-order chi connectivity index (χ0) is 18.2. The number of pyridine rings is 1. The van der Waals surface area contributed by atoms with Crippen LogP contribution < -0.4 is 9.46 Å². The fourth-order valence-corrected chi connectivity index (χ4v) is 4.79. The van der Waals surface area contributed by atoms with Crippen molar-refractivity contribution < 1.29 is 17.9 Å². The van der Waals surface area contributed by atoms with E-state index in [0.717, 1.165) is 24.9 Å². The Morgan fingerprint density at radius 3 is 2.96 bits per heavy atom. The van der Waals surface area contributed by atoms with Gasteiger partial charge < -0.3 is 9.29 Å². The third-order valence-electron chi connectivity index (χ3n) is 4.86. The number of nitrogens with zero attached hydrogens (tertiary/aromatic N) is 2. The number of aromatic nitrogens is 1. The summed E-state index contributed by atoms with van der Waals surface area (Å²) in [5.41, 5.74) is 0.349. The molecule has 2 unspecified atom stereocenters. The van der Waals surface area contributed by atoms with Gasteiger partial charge in [0.15, 0.2) is 10.4 Å². The average Bonchev–Trinajstić information content (AvgIpc) is 2.73. The zero-order valence-corrected chi connectivity index (χ0v) is 15.0. The predicted molar refractivity (Wildman–Crippen MR) is 93.6 cm³/mol. The monoisotopic (exact) mass is 377 g/mol. The molecular weight excluding hydrogens is 357 g/mol. The molecule has 138 valence electrons. The van der Waals surface area contributed by atoms with E-state index < -0.39 is 16.0 Å². The number of hydrogen-bond donors (Lipinski definition) is 1. The van der Waals surface area contributed by atoms with Crippen molar-refractivity contribution >= 4 is 10.4 Å². The second-order valence-corrected chi connectivity index (χ2v) is 8.59. The molecule has 1 spiro atoms. The molecule has 0 saturated carbocycles. The SMILES string of the molecule is O=[S+]1([O-])NCC2(CCCN(Cc3ccc(F)cc3)C2)Oc2ncccc21. The molecule has 26 heavy (non-hydrogen) atoms. The fraction of sp³-hybridized carbons (Fsp3) is 0.389. The first kappa shape index (κ1) is 17.5. The standard InChI is InChI=1S/C18H20FN3O3S/c19-15-6-4-14(5-7-15)11-22-10-2-8-18(13-22)12-21-26(23,24)16-3-1-9-20-17(16)25-18/h1,3-7,9H,2,8,10-13H2,(H-,21,23,24). The Kier molecular flexibility index (Phi) is 4.52. The first-order valence-electron chi connectivity index (χ1n) is 8.56. The summed E-state index contributed by atoms with van der Waals surface area (Å²) < 4.78 is 46.8. The molecule has 1 aromatic heterocycles. The van der Waals surface area contributed by atoms with Crippen LogP contribution in [0, 0.1) is 5.82 Å². The summed E-state index contributed by atoms with van der Waals surface area (Å²) in [4.78, 5) is 6.43. The summed E-state index contributed by atoms with van der Waals surface area (Å²) in [6, 6.07) is 9.52. The summed E-state index contributed by atoms with van der Waals surface area (Å²) in [6.45, 7) is 2.31. The van der Waals surface area contributed by atoms with Crippen LogP contribution in [0.4, 0.5) is 4.39 Å². The van der Waals surface area contributed by atoms with E-state index >= 15 is 0 Å². The van der Waals surface area contributed by atoms with Crippen LogP contribution in [0.1, 0.15) is 18.4 Å². The maximum atomic E-state index is 13.1. The van der Waals surface area contributed by atoms with Crippen molar-refractivity contribution in [3.05, 3.63) is 54.0 Å². The highest BCUT2D eigenvalue weighted by molar-refractivity contribution is 7.95. The van der Waals surface area contributed by atoms with Crippen LogP contribution in [0.25, 0.3) is 0 Å². The molecule has 2 aliphatic heterocycles. The van der Waals surface area contributed by atoms with E-state index in [-0.39, 0.29) is 23.1 Å². The van der Waals surface area contributed by atoms with E-state index in [0.29, 0.717) is 13.1 Å². The van der Waals surface area contributed by atoms with Gasteiger partial charge in [-0.3, -0.25) is 4.90 Å². The van der Waals surface area contributed by atoms with Crippen molar-refractivity contribution in [2.75, 3.05) is 19.6 Å². The Bertz CT molecular complexity index is 848. The lowest BCUT2D eigenvalue weighted by Crippen LogP contribution is -2.56. The molecular formula is C18H20FN3O3S. The van der Waals surface area contributed by atoms with Crippen molar-refractivity contribution in [3.63, 3.8) is 0 Å². The highest BCUT2D eigenvalue weighted by atomic mass is 32.3. The highest BCUT2D eigenvalue weighted by Crippen LogP contribution is 2.35. The quantitative estimate of drug-likeness (QED) is 0.812. The van der Waals surface area contributed by atoms with E-state index in [1.54, 1.807) is 18.2 Å². The van der Waals surface area contributed by atoms with Crippen molar-refractivity contribution in [1.29, 1.82) is 0 Å². The Labute approximate surface area is 152 Å². The zero-order valence-electron chi connectivity index (χ0n) is 14.2. The molecule has 6 nitrogen and oxygen atoms in total. The van der Waals surface area contributed by atoms with Crippen molar-refractivity contribution in [3.8, 4) is 5.88 Å². The van der Waals surface area contributed by atoms with Crippen LogP contribution in [0.5, 0.6) is 5.88 Å². The van der Waals surface area contributed by atoms with E-state index in [2.05, 4.69) is 14.6 Å². The van der Waals surface area contributed by atoms with Gasteiger partial charge in [-0.2, -0.15) is 0 Å². The van der Waals surface area contributed by atoms with Crippen LogP contribution in [0.15, 0.2) is 47.5 Å². The van der Waals surface area contributed by atoms with Gasteiger partial charge in [0.05, 0.1) is 6.54 Å². The molecule has 1 saturated heterocycles. The molecule has 2 aliphatic rings. The number of likely N-dealkylation sites (tertiary alicyclic amines) is 1. The van der Waals surface area contributed by atoms with Gasteiger partial charge in [0.2, 0.25) is 4.90 Å². The summed E-state index contributed by atoms with van der Waals surface area (Å²) in [5.74, 6) is -0.103. The van der Waals surface area contributed by atoms with Gasteiger partial charge >= 0.3 is 0 Å². The maximum Gasteiger partial charge on any atom is 0.272 e. The van der Waals surface area contributed by atoms with E-state index in [1.807, 2.05) is 0 Å². The number of halogens is 1. The molecule has 2 aromatic rings. The fourth-order valence-electron chi connectivity index (χ4n) is 3.60. The molecule has 0 aliphatic carbocycles. The lowest BCUT2D eigenvalue weighted by Gasteiger charge is -2.41. The minimum absolute atomic E-state index is 0.0764. The van der Waals surface area contributed by atoms with Gasteiger partial charge in [-0.15, -0.1) is 4.72 Å². The predicted octanol–water partition coefficient (Wildman–Crippen LogP) is 2.14. The van der Waals surface area contributed by atoms with Crippen molar-refractivity contribution in [2.45, 2.75) is 29.9 Å². The molecule has 0 amide bonds. The smallest absolute Gasteiger partial charge is 0.272 e. The summed E-state index contributed by atoms with van der Waals surface area (Å²) in [7, 11) is -3.63. The molecule has 0 radical (unpaired) electrons. The van der Waals surface area contributed by atoms with Gasteiger partial charge in [-0.05, 0) is 43.1 Å². The molecule has 2 atom stereocenters. The van der Waals surface area contributed by atoms with Gasteiger partial charge in [0, 0.05) is 25.4 Å².